The van der Waals surface area contributed by atoms with Crippen molar-refractivity contribution < 1.29 is 0 Å². The van der Waals surface area contributed by atoms with Gasteiger partial charge in [-0.2, -0.15) is 11.8 Å². The highest BCUT2D eigenvalue weighted by Crippen LogP contribution is 2.20. The predicted molar refractivity (Wildman–Crippen MR) is 86.3 cm³/mol. The zero-order valence-corrected chi connectivity index (χ0v) is 13.3. The van der Waals surface area contributed by atoms with E-state index >= 15 is 0 Å². The molecule has 1 atom stereocenters. The number of nitrogens with zero attached hydrogens (tertiary/aromatic N) is 4. The summed E-state index contributed by atoms with van der Waals surface area (Å²) in [6.07, 6.45) is 6.86. The number of thioether (sulfide) groups is 1. The third-order valence-electron chi connectivity index (χ3n) is 3.41. The fraction of sp³-hybridized carbons (Fsp3) is 0.714. The number of aliphatic imine (C=N–C) groups is 1. The topological polar surface area (TPSA) is 45.5 Å². The number of aromatic nitrogens is 2. The van der Waals surface area contributed by atoms with Crippen molar-refractivity contribution in [3.63, 3.8) is 0 Å². The largest absolute Gasteiger partial charge is 0.357 e. The molecular formula is C14H25N5S. The number of imidazole rings is 1. The van der Waals surface area contributed by atoms with E-state index in [9.17, 15) is 0 Å². The molecule has 1 unspecified atom stereocenters. The quantitative estimate of drug-likeness (QED) is 0.663. The molecule has 0 saturated carbocycles. The van der Waals surface area contributed by atoms with Crippen molar-refractivity contribution >= 4 is 17.7 Å². The summed E-state index contributed by atoms with van der Waals surface area (Å²) in [5, 5.41) is 4.16. The minimum Gasteiger partial charge on any atom is -0.357 e. The van der Waals surface area contributed by atoms with E-state index in [1.165, 1.54) is 12.2 Å². The van der Waals surface area contributed by atoms with Gasteiger partial charge in [0.1, 0.15) is 0 Å². The molecular weight excluding hydrogens is 270 g/mol. The third kappa shape index (κ3) is 4.44. The van der Waals surface area contributed by atoms with Crippen molar-refractivity contribution in [2.75, 3.05) is 31.9 Å². The number of hydrogen-bond acceptors (Lipinski definition) is 3. The van der Waals surface area contributed by atoms with Crippen molar-refractivity contribution in [1.29, 1.82) is 0 Å². The Morgan fingerprint density at radius 2 is 2.40 bits per heavy atom. The van der Waals surface area contributed by atoms with Crippen molar-refractivity contribution in [1.82, 2.24) is 19.8 Å². The molecule has 1 aromatic rings. The summed E-state index contributed by atoms with van der Waals surface area (Å²) in [6.45, 7) is 9.19. The van der Waals surface area contributed by atoms with E-state index in [1.807, 2.05) is 18.7 Å². The molecule has 0 spiro atoms. The van der Waals surface area contributed by atoms with Gasteiger partial charge in [0.2, 0.25) is 0 Å². The maximum absolute atomic E-state index is 4.75. The molecule has 20 heavy (non-hydrogen) atoms. The van der Waals surface area contributed by atoms with Crippen LogP contribution in [0.5, 0.6) is 0 Å². The average Bonchev–Trinajstić information content (AvgIpc) is 3.00. The Kier molecular flexibility index (Phi) is 6.24. The molecule has 0 radical (unpaired) electrons. The van der Waals surface area contributed by atoms with Crippen LogP contribution in [-0.4, -0.2) is 57.6 Å². The van der Waals surface area contributed by atoms with Crippen LogP contribution >= 0.6 is 11.8 Å². The Hall–Kier alpha value is -1.17. The van der Waals surface area contributed by atoms with Crippen LogP contribution in [0, 0.1) is 0 Å². The highest BCUT2D eigenvalue weighted by Gasteiger charge is 2.21. The van der Waals surface area contributed by atoms with Gasteiger partial charge in [0.15, 0.2) is 5.96 Å². The minimum atomic E-state index is 0.737. The first-order valence-electron chi connectivity index (χ1n) is 7.44. The number of rotatable bonds is 5. The zero-order valence-electron chi connectivity index (χ0n) is 12.5. The Morgan fingerprint density at radius 1 is 1.50 bits per heavy atom. The van der Waals surface area contributed by atoms with Crippen LogP contribution in [0.2, 0.25) is 0 Å². The normalized spacial score (nSPS) is 20.2. The van der Waals surface area contributed by atoms with Crippen molar-refractivity contribution in [3.05, 3.63) is 18.7 Å². The van der Waals surface area contributed by atoms with E-state index in [2.05, 4.69) is 45.4 Å². The fourth-order valence-electron chi connectivity index (χ4n) is 2.27. The van der Waals surface area contributed by atoms with E-state index in [0.717, 1.165) is 43.9 Å². The fourth-order valence-corrected chi connectivity index (χ4v) is 3.46. The second kappa shape index (κ2) is 8.19. The van der Waals surface area contributed by atoms with Crippen LogP contribution in [0.4, 0.5) is 0 Å². The monoisotopic (exact) mass is 295 g/mol. The summed E-state index contributed by atoms with van der Waals surface area (Å²) in [5.41, 5.74) is 0. The zero-order chi connectivity index (χ0) is 14.2. The molecule has 6 heteroatoms. The first-order valence-corrected chi connectivity index (χ1v) is 8.49. The van der Waals surface area contributed by atoms with Crippen LogP contribution in [0.1, 0.15) is 20.3 Å². The molecule has 0 bridgehead atoms. The molecule has 0 aliphatic carbocycles. The smallest absolute Gasteiger partial charge is 0.194 e. The lowest BCUT2D eigenvalue weighted by Crippen LogP contribution is -2.48. The van der Waals surface area contributed by atoms with Gasteiger partial charge in [-0.15, -0.1) is 0 Å². The van der Waals surface area contributed by atoms with Crippen molar-refractivity contribution in [2.45, 2.75) is 32.1 Å². The lowest BCUT2D eigenvalue weighted by Gasteiger charge is -2.34. The van der Waals surface area contributed by atoms with Crippen LogP contribution in [-0.2, 0) is 6.54 Å². The van der Waals surface area contributed by atoms with E-state index in [1.54, 1.807) is 0 Å². The second-order valence-electron chi connectivity index (χ2n) is 4.88. The molecule has 1 saturated heterocycles. The molecule has 1 aliphatic rings. The van der Waals surface area contributed by atoms with Gasteiger partial charge in [-0.05, 0) is 13.3 Å². The van der Waals surface area contributed by atoms with E-state index in [-0.39, 0.29) is 0 Å². The Bertz CT molecular complexity index is 404. The highest BCUT2D eigenvalue weighted by atomic mass is 32.2. The van der Waals surface area contributed by atoms with Crippen molar-refractivity contribution in [3.8, 4) is 0 Å². The first kappa shape index (κ1) is 15.2. The summed E-state index contributed by atoms with van der Waals surface area (Å²) in [4.78, 5) is 11.2. The van der Waals surface area contributed by atoms with E-state index in [0.29, 0.717) is 0 Å². The SMILES string of the molecule is CCNC(=NCCn1ccnc1)N1CCSC(CC)C1. The third-order valence-corrected chi connectivity index (χ3v) is 4.78. The summed E-state index contributed by atoms with van der Waals surface area (Å²) in [6, 6.07) is 0. The van der Waals surface area contributed by atoms with Gasteiger partial charge in [0, 0.05) is 49.6 Å². The number of guanidine groups is 1. The van der Waals surface area contributed by atoms with Gasteiger partial charge in [-0.1, -0.05) is 6.92 Å². The van der Waals surface area contributed by atoms with Gasteiger partial charge in [0.25, 0.3) is 0 Å². The average molecular weight is 295 g/mol. The molecule has 5 nitrogen and oxygen atoms in total. The Morgan fingerprint density at radius 3 is 3.10 bits per heavy atom. The van der Waals surface area contributed by atoms with E-state index < -0.39 is 0 Å². The standard InChI is InChI=1S/C14H25N5S/c1-3-13-11-19(9-10-20-13)14(16-4-2)17-6-8-18-7-5-15-12-18/h5,7,12-13H,3-4,6,8-11H2,1-2H3,(H,16,17). The molecule has 2 heterocycles. The summed E-state index contributed by atoms with van der Waals surface area (Å²) < 4.78 is 2.06. The second-order valence-corrected chi connectivity index (χ2v) is 6.29. The van der Waals surface area contributed by atoms with E-state index in [4.69, 9.17) is 4.99 Å². The number of nitrogens with one attached hydrogen (secondary N) is 1. The molecule has 1 N–H and O–H groups in total. The molecule has 112 valence electrons. The maximum Gasteiger partial charge on any atom is 0.194 e. The Balaban J connectivity index is 1.90. The van der Waals surface area contributed by atoms with Gasteiger partial charge in [0.05, 0.1) is 12.9 Å². The molecule has 0 amide bonds. The van der Waals surface area contributed by atoms with Crippen LogP contribution < -0.4 is 5.32 Å². The molecule has 1 fully saturated rings. The highest BCUT2D eigenvalue weighted by molar-refractivity contribution is 8.00. The summed E-state index contributed by atoms with van der Waals surface area (Å²) in [7, 11) is 0. The van der Waals surface area contributed by atoms with Crippen molar-refractivity contribution in [2.24, 2.45) is 4.99 Å². The van der Waals surface area contributed by atoms with Gasteiger partial charge >= 0.3 is 0 Å². The maximum atomic E-state index is 4.75. The number of hydrogen-bond donors (Lipinski definition) is 1. The van der Waals surface area contributed by atoms with Crippen LogP contribution in [0.25, 0.3) is 0 Å². The Labute approximate surface area is 125 Å². The predicted octanol–water partition coefficient (Wildman–Crippen LogP) is 1.68. The molecule has 1 aliphatic heterocycles. The molecule has 0 aromatic carbocycles. The molecule has 2 rings (SSSR count). The van der Waals surface area contributed by atoms with Crippen LogP contribution in [0.3, 0.4) is 0 Å². The van der Waals surface area contributed by atoms with Crippen LogP contribution in [0.15, 0.2) is 23.7 Å². The van der Waals surface area contributed by atoms with Gasteiger partial charge in [-0.3, -0.25) is 4.99 Å². The first-order chi connectivity index (χ1) is 9.83. The lowest BCUT2D eigenvalue weighted by atomic mass is 10.3. The minimum absolute atomic E-state index is 0.737. The van der Waals surface area contributed by atoms with Gasteiger partial charge in [-0.25, -0.2) is 4.98 Å². The summed E-state index contributed by atoms with van der Waals surface area (Å²) in [5.74, 6) is 2.26. The van der Waals surface area contributed by atoms with Gasteiger partial charge < -0.3 is 14.8 Å². The lowest BCUT2D eigenvalue weighted by molar-refractivity contribution is 0.408. The summed E-state index contributed by atoms with van der Waals surface area (Å²) >= 11 is 2.09. The molecule has 1 aromatic heterocycles.